The first kappa shape index (κ1) is 19.6. The van der Waals surface area contributed by atoms with Crippen LogP contribution < -0.4 is 0 Å². The van der Waals surface area contributed by atoms with Crippen LogP contribution >= 0.6 is 35.1 Å². The van der Waals surface area contributed by atoms with E-state index in [0.29, 0.717) is 21.8 Å². The average Bonchev–Trinajstić information content (AvgIpc) is 3.21. The maximum absolute atomic E-state index is 13.0. The second-order valence-electron chi connectivity index (χ2n) is 6.13. The van der Waals surface area contributed by atoms with E-state index in [1.807, 2.05) is 67.0 Å². The Bertz CT molecular complexity index is 730. The molecule has 26 heavy (non-hydrogen) atoms. The summed E-state index contributed by atoms with van der Waals surface area (Å²) in [6.45, 7) is 0.428. The van der Waals surface area contributed by atoms with Gasteiger partial charge < -0.3 is 9.64 Å². The maximum Gasteiger partial charge on any atom is 0.254 e. The second kappa shape index (κ2) is 9.18. The molecule has 1 aliphatic rings. The fourth-order valence-corrected chi connectivity index (χ4v) is 5.94. The van der Waals surface area contributed by atoms with Gasteiger partial charge in [-0.2, -0.15) is 0 Å². The number of rotatable bonds is 6. The summed E-state index contributed by atoms with van der Waals surface area (Å²) in [6, 6.07) is 15.4. The van der Waals surface area contributed by atoms with Crippen LogP contribution in [0.3, 0.4) is 0 Å². The highest BCUT2D eigenvalue weighted by molar-refractivity contribution is 8.19. The van der Waals surface area contributed by atoms with Gasteiger partial charge in [0.2, 0.25) is 0 Å². The molecule has 3 nitrogen and oxygen atoms in total. The van der Waals surface area contributed by atoms with Crippen molar-refractivity contribution >= 4 is 41.0 Å². The lowest BCUT2D eigenvalue weighted by Gasteiger charge is -2.28. The molecule has 0 unspecified atom stereocenters. The third-order valence-corrected chi connectivity index (χ3v) is 7.78. The third kappa shape index (κ3) is 4.58. The normalized spacial score (nSPS) is 15.8. The minimum Gasteiger partial charge on any atom is -0.382 e. The van der Waals surface area contributed by atoms with Crippen LogP contribution in [0.1, 0.15) is 32.1 Å². The quantitative estimate of drug-likeness (QED) is 0.651. The number of nitrogens with zero attached hydrogens (tertiary/aromatic N) is 1. The molecule has 1 amide bonds. The van der Waals surface area contributed by atoms with Crippen LogP contribution in [0.4, 0.5) is 0 Å². The number of carbonyl (C=O) groups excluding carboxylic acids is 1. The molecule has 3 rings (SSSR count). The summed E-state index contributed by atoms with van der Waals surface area (Å²) in [5.41, 5.74) is 2.98. The molecular weight excluding hydrogens is 386 g/mol. The molecule has 0 bridgehead atoms. The number of ether oxygens (including phenoxy) is 1. The molecule has 1 heterocycles. The monoisotopic (exact) mass is 407 g/mol. The van der Waals surface area contributed by atoms with Crippen LogP contribution in [-0.2, 0) is 4.74 Å². The van der Waals surface area contributed by atoms with Gasteiger partial charge in [-0.25, -0.2) is 0 Å². The molecule has 0 saturated carbocycles. The summed E-state index contributed by atoms with van der Waals surface area (Å²) >= 11 is 9.92. The first-order valence-electron chi connectivity index (χ1n) is 8.45. The molecule has 1 atom stereocenters. The molecule has 1 saturated heterocycles. The predicted molar refractivity (Wildman–Crippen MR) is 112 cm³/mol. The number of hydrogen-bond acceptors (Lipinski definition) is 4. The van der Waals surface area contributed by atoms with Crippen molar-refractivity contribution < 1.29 is 9.53 Å². The molecule has 2 aromatic rings. The number of thioether (sulfide) groups is 2. The smallest absolute Gasteiger partial charge is 0.254 e. The molecule has 2 aromatic carbocycles. The SMILES string of the molecule is COC[C@H](c1ccc(Cl)cc1)N(C)C(=O)c1ccc(C2SCCS2)cc1. The van der Waals surface area contributed by atoms with Crippen LogP contribution in [0.25, 0.3) is 0 Å². The largest absolute Gasteiger partial charge is 0.382 e. The molecule has 138 valence electrons. The minimum atomic E-state index is -0.162. The summed E-state index contributed by atoms with van der Waals surface area (Å²) in [4.78, 5) is 14.7. The zero-order valence-corrected chi connectivity index (χ0v) is 17.2. The molecule has 0 aliphatic carbocycles. The zero-order valence-electron chi connectivity index (χ0n) is 14.9. The van der Waals surface area contributed by atoms with Gasteiger partial charge in [0.25, 0.3) is 5.91 Å². The lowest BCUT2D eigenvalue weighted by atomic mass is 10.0. The Balaban J connectivity index is 1.76. The van der Waals surface area contributed by atoms with E-state index >= 15 is 0 Å². The van der Waals surface area contributed by atoms with Gasteiger partial charge in [0.05, 0.1) is 17.2 Å². The van der Waals surface area contributed by atoms with E-state index in [-0.39, 0.29) is 11.9 Å². The Morgan fingerprint density at radius 3 is 2.35 bits per heavy atom. The first-order chi connectivity index (χ1) is 12.6. The summed E-state index contributed by atoms with van der Waals surface area (Å²) in [6.07, 6.45) is 0. The molecule has 1 fully saturated rings. The molecule has 0 N–H and O–H groups in total. The van der Waals surface area contributed by atoms with E-state index in [1.165, 1.54) is 17.1 Å². The van der Waals surface area contributed by atoms with E-state index < -0.39 is 0 Å². The van der Waals surface area contributed by atoms with Crippen LogP contribution in [0.2, 0.25) is 5.02 Å². The molecule has 0 radical (unpaired) electrons. The Labute approximate surface area is 168 Å². The van der Waals surface area contributed by atoms with Crippen LogP contribution in [0.15, 0.2) is 48.5 Å². The first-order valence-corrected chi connectivity index (χ1v) is 10.9. The van der Waals surface area contributed by atoms with Gasteiger partial charge in [0.15, 0.2) is 0 Å². The average molecular weight is 408 g/mol. The highest BCUT2D eigenvalue weighted by Gasteiger charge is 2.24. The topological polar surface area (TPSA) is 29.5 Å². The van der Waals surface area contributed by atoms with E-state index in [9.17, 15) is 4.79 Å². The van der Waals surface area contributed by atoms with E-state index in [0.717, 1.165) is 5.56 Å². The number of benzene rings is 2. The Morgan fingerprint density at radius 2 is 1.77 bits per heavy atom. The van der Waals surface area contributed by atoms with Crippen molar-refractivity contribution in [1.82, 2.24) is 4.90 Å². The Kier molecular flexibility index (Phi) is 6.92. The number of hydrogen-bond donors (Lipinski definition) is 0. The Morgan fingerprint density at radius 1 is 1.15 bits per heavy atom. The molecule has 6 heteroatoms. The van der Waals surface area contributed by atoms with Crippen molar-refractivity contribution in [2.75, 3.05) is 32.3 Å². The summed E-state index contributed by atoms with van der Waals surface area (Å²) < 4.78 is 5.84. The van der Waals surface area contributed by atoms with Crippen molar-refractivity contribution in [3.8, 4) is 0 Å². The number of methoxy groups -OCH3 is 1. The fourth-order valence-electron chi connectivity index (χ4n) is 2.95. The highest BCUT2D eigenvalue weighted by Crippen LogP contribution is 2.45. The van der Waals surface area contributed by atoms with Gasteiger partial charge in [-0.3, -0.25) is 4.79 Å². The van der Waals surface area contributed by atoms with Gasteiger partial charge in [0, 0.05) is 36.2 Å². The van der Waals surface area contributed by atoms with Crippen molar-refractivity contribution in [3.63, 3.8) is 0 Å². The fraction of sp³-hybridized carbons (Fsp3) is 0.350. The summed E-state index contributed by atoms with van der Waals surface area (Å²) in [7, 11) is 3.46. The number of amides is 1. The zero-order chi connectivity index (χ0) is 18.5. The van der Waals surface area contributed by atoms with E-state index in [2.05, 4.69) is 12.1 Å². The number of carbonyl (C=O) groups is 1. The molecule has 1 aliphatic heterocycles. The van der Waals surface area contributed by atoms with Gasteiger partial charge >= 0.3 is 0 Å². The lowest BCUT2D eigenvalue weighted by molar-refractivity contribution is 0.0602. The maximum atomic E-state index is 13.0. The van der Waals surface area contributed by atoms with Gasteiger partial charge in [-0.15, -0.1) is 23.5 Å². The van der Waals surface area contributed by atoms with Crippen molar-refractivity contribution in [2.45, 2.75) is 10.6 Å². The van der Waals surface area contributed by atoms with Crippen molar-refractivity contribution in [1.29, 1.82) is 0 Å². The standard InChI is InChI=1S/C20H22ClNO2S2/c1-22(18(13-24-2)14-7-9-17(21)10-8-14)19(23)15-3-5-16(6-4-15)20-25-11-12-26-20/h3-10,18,20H,11-13H2,1-2H3/t18-/m1/s1. The third-order valence-electron chi connectivity index (χ3n) is 4.42. The van der Waals surface area contributed by atoms with E-state index in [4.69, 9.17) is 16.3 Å². The molecule has 0 aromatic heterocycles. The molecular formula is C20H22ClNO2S2. The lowest BCUT2D eigenvalue weighted by Crippen LogP contribution is -2.33. The van der Waals surface area contributed by atoms with Gasteiger partial charge in [0.1, 0.15) is 0 Å². The van der Waals surface area contributed by atoms with Crippen molar-refractivity contribution in [2.24, 2.45) is 0 Å². The van der Waals surface area contributed by atoms with Crippen LogP contribution in [0, 0.1) is 0 Å². The summed E-state index contributed by atoms with van der Waals surface area (Å²) in [5.74, 6) is 2.37. The molecule has 0 spiro atoms. The minimum absolute atomic E-state index is 0.0136. The number of halogens is 1. The van der Waals surface area contributed by atoms with E-state index in [1.54, 1.807) is 12.0 Å². The van der Waals surface area contributed by atoms with Crippen molar-refractivity contribution in [3.05, 3.63) is 70.2 Å². The number of likely N-dealkylation sites (N-methyl/N-ethyl adjacent to an activating group) is 1. The summed E-state index contributed by atoms with van der Waals surface area (Å²) in [5, 5.41) is 0.678. The Hall–Kier alpha value is -1.14. The van der Waals surface area contributed by atoms with Crippen LogP contribution in [0.5, 0.6) is 0 Å². The van der Waals surface area contributed by atoms with Crippen LogP contribution in [-0.4, -0.2) is 43.1 Å². The van der Waals surface area contributed by atoms with Gasteiger partial charge in [-0.1, -0.05) is 35.9 Å². The predicted octanol–water partition coefficient (Wildman–Crippen LogP) is 5.28. The van der Waals surface area contributed by atoms with Gasteiger partial charge in [-0.05, 0) is 35.4 Å². The highest BCUT2D eigenvalue weighted by atomic mass is 35.5. The second-order valence-corrected chi connectivity index (χ2v) is 9.30.